The van der Waals surface area contributed by atoms with Crippen molar-refractivity contribution in [3.05, 3.63) is 29.8 Å². The highest BCUT2D eigenvalue weighted by atomic mass is 127. The van der Waals surface area contributed by atoms with Crippen LogP contribution >= 0.6 is 22.6 Å². The van der Waals surface area contributed by atoms with Crippen molar-refractivity contribution < 1.29 is 9.90 Å². The molecule has 1 rings (SSSR count). The summed E-state index contributed by atoms with van der Waals surface area (Å²) in [6.07, 6.45) is 1.32. The van der Waals surface area contributed by atoms with Gasteiger partial charge in [0, 0.05) is 11.0 Å². The van der Waals surface area contributed by atoms with E-state index in [4.69, 9.17) is 0 Å². The number of nitrogens with one attached hydrogen (secondary N) is 1. The van der Waals surface area contributed by atoms with E-state index in [1.54, 1.807) is 18.2 Å². The van der Waals surface area contributed by atoms with Gasteiger partial charge in [0.2, 0.25) is 5.91 Å². The zero-order valence-corrected chi connectivity index (χ0v) is 10.5. The van der Waals surface area contributed by atoms with Crippen LogP contribution in [-0.2, 0) is 11.2 Å². The lowest BCUT2D eigenvalue weighted by Crippen LogP contribution is -2.26. The van der Waals surface area contributed by atoms with Gasteiger partial charge < -0.3 is 10.4 Å². The van der Waals surface area contributed by atoms with Crippen molar-refractivity contribution in [1.29, 1.82) is 0 Å². The summed E-state index contributed by atoms with van der Waals surface area (Å²) < 4.78 is 1.05. The number of alkyl halides is 1. The van der Waals surface area contributed by atoms with Crippen molar-refractivity contribution >= 4 is 28.5 Å². The van der Waals surface area contributed by atoms with Crippen LogP contribution in [0.1, 0.15) is 12.0 Å². The van der Waals surface area contributed by atoms with E-state index in [-0.39, 0.29) is 11.7 Å². The molecule has 0 bridgehead atoms. The summed E-state index contributed by atoms with van der Waals surface area (Å²) >= 11 is 2.28. The van der Waals surface area contributed by atoms with Crippen LogP contribution in [0.25, 0.3) is 0 Å². The average molecular weight is 319 g/mol. The van der Waals surface area contributed by atoms with Gasteiger partial charge in [-0.1, -0.05) is 34.7 Å². The molecule has 4 heteroatoms. The van der Waals surface area contributed by atoms with E-state index in [9.17, 15) is 9.90 Å². The van der Waals surface area contributed by atoms with E-state index in [0.717, 1.165) is 23.0 Å². The molecule has 0 heterocycles. The van der Waals surface area contributed by atoms with E-state index in [1.165, 1.54) is 0 Å². The summed E-state index contributed by atoms with van der Waals surface area (Å²) in [5.41, 5.74) is 0.835. The highest BCUT2D eigenvalue weighted by Crippen LogP contribution is 2.11. The smallest absolute Gasteiger partial charge is 0.224 e. The SMILES string of the molecule is O=C(Cc1cccc(O)c1)NCCCI. The highest BCUT2D eigenvalue weighted by molar-refractivity contribution is 14.1. The fourth-order valence-electron chi connectivity index (χ4n) is 1.21. The number of hydrogen-bond acceptors (Lipinski definition) is 2. The predicted molar refractivity (Wildman–Crippen MR) is 68.3 cm³/mol. The van der Waals surface area contributed by atoms with Crippen molar-refractivity contribution in [2.75, 3.05) is 11.0 Å². The Hall–Kier alpha value is -0.780. The lowest BCUT2D eigenvalue weighted by Gasteiger charge is -2.04. The molecule has 0 atom stereocenters. The molecule has 0 radical (unpaired) electrons. The van der Waals surface area contributed by atoms with Gasteiger partial charge in [0.25, 0.3) is 0 Å². The number of hydrogen-bond donors (Lipinski definition) is 2. The molecule has 1 aromatic rings. The number of carbonyl (C=O) groups excluding carboxylic acids is 1. The van der Waals surface area contributed by atoms with Crippen LogP contribution in [0, 0.1) is 0 Å². The molecule has 0 aliphatic heterocycles. The van der Waals surface area contributed by atoms with Crippen LogP contribution in [0.2, 0.25) is 0 Å². The van der Waals surface area contributed by atoms with Crippen LogP contribution in [0.5, 0.6) is 5.75 Å². The molecule has 0 aromatic heterocycles. The molecule has 3 nitrogen and oxygen atoms in total. The number of phenolic OH excluding ortho intramolecular Hbond substituents is 1. The Kier molecular flexibility index (Phi) is 5.45. The van der Waals surface area contributed by atoms with Crippen molar-refractivity contribution in [2.45, 2.75) is 12.8 Å². The van der Waals surface area contributed by atoms with Crippen LogP contribution in [0.15, 0.2) is 24.3 Å². The molecule has 1 aromatic carbocycles. The summed E-state index contributed by atoms with van der Waals surface area (Å²) in [6, 6.07) is 6.77. The zero-order valence-electron chi connectivity index (χ0n) is 8.37. The Bertz CT molecular complexity index is 328. The summed E-state index contributed by atoms with van der Waals surface area (Å²) in [6.45, 7) is 0.723. The number of aromatic hydroxyl groups is 1. The van der Waals surface area contributed by atoms with Gasteiger partial charge in [-0.3, -0.25) is 4.79 Å². The standard InChI is InChI=1S/C11H14INO2/c12-5-2-6-13-11(15)8-9-3-1-4-10(14)7-9/h1,3-4,7,14H,2,5-6,8H2,(H,13,15). The lowest BCUT2D eigenvalue weighted by molar-refractivity contribution is -0.120. The van der Waals surface area contributed by atoms with Crippen LogP contribution < -0.4 is 5.32 Å². The Morgan fingerprint density at radius 2 is 2.27 bits per heavy atom. The Balaban J connectivity index is 2.37. The van der Waals surface area contributed by atoms with Gasteiger partial charge in [0.15, 0.2) is 0 Å². The molecule has 82 valence electrons. The molecule has 0 saturated carbocycles. The van der Waals surface area contributed by atoms with E-state index in [1.807, 2.05) is 6.07 Å². The first-order chi connectivity index (χ1) is 7.22. The van der Waals surface area contributed by atoms with Crippen LogP contribution in [-0.4, -0.2) is 22.0 Å². The Morgan fingerprint density at radius 3 is 2.93 bits per heavy atom. The molecule has 15 heavy (non-hydrogen) atoms. The Morgan fingerprint density at radius 1 is 1.47 bits per heavy atom. The minimum Gasteiger partial charge on any atom is -0.508 e. The number of benzene rings is 1. The second-order valence-corrected chi connectivity index (χ2v) is 4.32. The topological polar surface area (TPSA) is 49.3 Å². The van der Waals surface area contributed by atoms with Gasteiger partial charge in [0.1, 0.15) is 5.75 Å². The molecular formula is C11H14INO2. The van der Waals surface area contributed by atoms with Gasteiger partial charge in [-0.05, 0) is 24.1 Å². The normalized spacial score (nSPS) is 9.93. The molecule has 0 unspecified atom stereocenters. The third kappa shape index (κ3) is 5.01. The maximum Gasteiger partial charge on any atom is 0.224 e. The molecular weight excluding hydrogens is 305 g/mol. The average Bonchev–Trinajstić information content (AvgIpc) is 2.18. The first kappa shape index (κ1) is 12.3. The first-order valence-corrected chi connectivity index (χ1v) is 6.35. The maximum atomic E-state index is 11.4. The minimum absolute atomic E-state index is 0.00505. The molecule has 2 N–H and O–H groups in total. The minimum atomic E-state index is 0.00505. The van der Waals surface area contributed by atoms with E-state index in [2.05, 4.69) is 27.9 Å². The number of amides is 1. The van der Waals surface area contributed by atoms with Gasteiger partial charge in [0.05, 0.1) is 6.42 Å². The molecule has 0 saturated heterocycles. The molecule has 0 spiro atoms. The van der Waals surface area contributed by atoms with E-state index >= 15 is 0 Å². The van der Waals surface area contributed by atoms with Gasteiger partial charge >= 0.3 is 0 Å². The fraction of sp³-hybridized carbons (Fsp3) is 0.364. The summed E-state index contributed by atoms with van der Waals surface area (Å²) in [7, 11) is 0. The third-order valence-corrected chi connectivity index (χ3v) is 2.67. The quantitative estimate of drug-likeness (QED) is 0.495. The number of carbonyl (C=O) groups is 1. The van der Waals surface area contributed by atoms with Crippen molar-refractivity contribution in [3.63, 3.8) is 0 Å². The molecule has 0 fully saturated rings. The summed E-state index contributed by atoms with van der Waals surface area (Å²) in [5, 5.41) is 12.0. The maximum absolute atomic E-state index is 11.4. The lowest BCUT2D eigenvalue weighted by atomic mass is 10.1. The van der Waals surface area contributed by atoms with Crippen molar-refractivity contribution in [2.24, 2.45) is 0 Å². The molecule has 0 aliphatic rings. The molecule has 0 aliphatic carbocycles. The predicted octanol–water partition coefficient (Wildman–Crippen LogP) is 1.88. The monoisotopic (exact) mass is 319 g/mol. The summed E-state index contributed by atoms with van der Waals surface area (Å²) in [5.74, 6) is 0.206. The second-order valence-electron chi connectivity index (χ2n) is 3.24. The zero-order chi connectivity index (χ0) is 11.1. The van der Waals surface area contributed by atoms with Gasteiger partial charge in [-0.25, -0.2) is 0 Å². The van der Waals surface area contributed by atoms with Gasteiger partial charge in [-0.2, -0.15) is 0 Å². The molecule has 1 amide bonds. The second kappa shape index (κ2) is 6.66. The largest absolute Gasteiger partial charge is 0.508 e. The first-order valence-electron chi connectivity index (χ1n) is 4.83. The van der Waals surface area contributed by atoms with Crippen molar-refractivity contribution in [3.8, 4) is 5.75 Å². The fourth-order valence-corrected chi connectivity index (χ4v) is 1.59. The number of halogens is 1. The number of rotatable bonds is 5. The van der Waals surface area contributed by atoms with Crippen LogP contribution in [0.4, 0.5) is 0 Å². The number of phenols is 1. The van der Waals surface area contributed by atoms with E-state index in [0.29, 0.717) is 6.42 Å². The summed E-state index contributed by atoms with van der Waals surface area (Å²) in [4.78, 5) is 11.4. The highest BCUT2D eigenvalue weighted by Gasteiger charge is 2.02. The van der Waals surface area contributed by atoms with Crippen molar-refractivity contribution in [1.82, 2.24) is 5.32 Å². The van der Waals surface area contributed by atoms with Gasteiger partial charge in [-0.15, -0.1) is 0 Å². The van der Waals surface area contributed by atoms with Crippen LogP contribution in [0.3, 0.4) is 0 Å². The Labute approximate surface area is 103 Å². The third-order valence-electron chi connectivity index (χ3n) is 1.91. The van der Waals surface area contributed by atoms with E-state index < -0.39 is 0 Å².